The van der Waals surface area contributed by atoms with Crippen molar-refractivity contribution >= 4 is 23.2 Å². The molecule has 2 aromatic rings. The highest BCUT2D eigenvalue weighted by atomic mass is 35.5. The van der Waals surface area contributed by atoms with E-state index in [4.69, 9.17) is 23.2 Å². The molecule has 0 fully saturated rings. The van der Waals surface area contributed by atoms with Gasteiger partial charge in [0.25, 0.3) is 0 Å². The lowest BCUT2D eigenvalue weighted by Gasteiger charge is -2.13. The van der Waals surface area contributed by atoms with Gasteiger partial charge in [-0.3, -0.25) is 0 Å². The van der Waals surface area contributed by atoms with Crippen molar-refractivity contribution in [1.82, 2.24) is 5.32 Å². The summed E-state index contributed by atoms with van der Waals surface area (Å²) in [5.74, 6) is -1.44. The van der Waals surface area contributed by atoms with E-state index in [-0.39, 0.29) is 12.1 Å². The normalized spacial score (nSPS) is 12.4. The second-order valence-corrected chi connectivity index (χ2v) is 5.46. The molecule has 0 aromatic heterocycles. The zero-order valence-corrected chi connectivity index (χ0v) is 12.4. The van der Waals surface area contributed by atoms with Gasteiger partial charge >= 0.3 is 0 Å². The van der Waals surface area contributed by atoms with Crippen molar-refractivity contribution in [3.8, 4) is 0 Å². The Morgan fingerprint density at radius 1 is 1.05 bits per heavy atom. The number of aliphatic hydroxyl groups is 1. The summed E-state index contributed by atoms with van der Waals surface area (Å²) in [7, 11) is 0. The molecule has 0 spiro atoms. The lowest BCUT2D eigenvalue weighted by molar-refractivity contribution is 0.169. The number of hydrogen-bond acceptors (Lipinski definition) is 2. The van der Waals surface area contributed by atoms with Gasteiger partial charge in [0, 0.05) is 34.8 Å². The van der Waals surface area contributed by atoms with E-state index < -0.39 is 17.7 Å². The van der Waals surface area contributed by atoms with E-state index in [9.17, 15) is 13.9 Å². The smallest absolute Gasteiger partial charge is 0.131 e. The number of rotatable bonds is 5. The summed E-state index contributed by atoms with van der Waals surface area (Å²) in [5.41, 5.74) is 0.896. The average Bonchev–Trinajstić information content (AvgIpc) is 2.37. The Kier molecular flexibility index (Phi) is 5.53. The molecule has 2 aromatic carbocycles. The monoisotopic (exact) mass is 331 g/mol. The minimum Gasteiger partial charge on any atom is -0.387 e. The average molecular weight is 332 g/mol. The fourth-order valence-corrected chi connectivity index (χ4v) is 2.52. The Labute approximate surface area is 131 Å². The zero-order chi connectivity index (χ0) is 15.4. The van der Waals surface area contributed by atoms with Gasteiger partial charge in [0.1, 0.15) is 11.6 Å². The molecular formula is C15H13Cl2F2NO. The molecule has 0 saturated heterocycles. The largest absolute Gasteiger partial charge is 0.387 e. The van der Waals surface area contributed by atoms with Crippen molar-refractivity contribution in [3.63, 3.8) is 0 Å². The van der Waals surface area contributed by atoms with E-state index in [0.29, 0.717) is 16.6 Å². The Morgan fingerprint density at radius 3 is 2.33 bits per heavy atom. The molecule has 0 bridgehead atoms. The maximum Gasteiger partial charge on any atom is 0.131 e. The molecule has 6 heteroatoms. The lowest BCUT2D eigenvalue weighted by Crippen LogP contribution is -2.21. The minimum absolute atomic E-state index is 0.0491. The van der Waals surface area contributed by atoms with Crippen molar-refractivity contribution in [1.29, 1.82) is 0 Å². The Morgan fingerprint density at radius 2 is 1.71 bits per heavy atom. The number of aliphatic hydroxyl groups excluding tert-OH is 1. The van der Waals surface area contributed by atoms with E-state index in [1.807, 2.05) is 0 Å². The van der Waals surface area contributed by atoms with Crippen LogP contribution in [0.2, 0.25) is 10.0 Å². The fraction of sp³-hybridized carbons (Fsp3) is 0.200. The predicted octanol–water partition coefficient (Wildman–Crippen LogP) is 4.09. The van der Waals surface area contributed by atoms with E-state index >= 15 is 0 Å². The van der Waals surface area contributed by atoms with E-state index in [1.54, 1.807) is 18.2 Å². The summed E-state index contributed by atoms with van der Waals surface area (Å²) < 4.78 is 26.3. The first-order chi connectivity index (χ1) is 9.95. The van der Waals surface area contributed by atoms with Crippen LogP contribution in [0.15, 0.2) is 36.4 Å². The number of hydrogen-bond donors (Lipinski definition) is 2. The molecular weight excluding hydrogens is 319 g/mol. The Hall–Kier alpha value is -1.20. The summed E-state index contributed by atoms with van der Waals surface area (Å²) in [6, 6.07) is 8.19. The number of nitrogens with one attached hydrogen (secondary N) is 1. The van der Waals surface area contributed by atoms with Gasteiger partial charge in [0.15, 0.2) is 0 Å². The topological polar surface area (TPSA) is 32.3 Å². The van der Waals surface area contributed by atoms with Gasteiger partial charge in [0.2, 0.25) is 0 Å². The molecule has 2 N–H and O–H groups in total. The molecule has 0 aliphatic heterocycles. The summed E-state index contributed by atoms with van der Waals surface area (Å²) in [5, 5.41) is 13.9. The minimum atomic E-state index is -1.07. The molecule has 21 heavy (non-hydrogen) atoms. The van der Waals surface area contributed by atoms with Crippen molar-refractivity contribution < 1.29 is 13.9 Å². The van der Waals surface area contributed by atoms with Gasteiger partial charge in [-0.1, -0.05) is 29.3 Å². The highest BCUT2D eigenvalue weighted by Gasteiger charge is 2.13. The van der Waals surface area contributed by atoms with Gasteiger partial charge < -0.3 is 10.4 Å². The summed E-state index contributed by atoms with van der Waals surface area (Å²) in [6.45, 7) is 0.535. The van der Waals surface area contributed by atoms with Crippen LogP contribution in [0.4, 0.5) is 8.78 Å². The van der Waals surface area contributed by atoms with Crippen LogP contribution < -0.4 is 5.32 Å². The third-order valence-electron chi connectivity index (χ3n) is 2.91. The van der Waals surface area contributed by atoms with Crippen LogP contribution in [0.25, 0.3) is 0 Å². The molecule has 0 radical (unpaired) electrons. The molecule has 0 heterocycles. The third-order valence-corrected chi connectivity index (χ3v) is 3.35. The second-order valence-electron chi connectivity index (χ2n) is 4.59. The maximum atomic E-state index is 13.5. The van der Waals surface area contributed by atoms with Crippen LogP contribution in [0.3, 0.4) is 0 Å². The predicted molar refractivity (Wildman–Crippen MR) is 79.5 cm³/mol. The molecule has 0 amide bonds. The number of halogens is 4. The molecule has 1 atom stereocenters. The maximum absolute atomic E-state index is 13.5. The Bertz CT molecular complexity index is 617. The first-order valence-corrected chi connectivity index (χ1v) is 7.00. The summed E-state index contributed by atoms with van der Waals surface area (Å²) in [4.78, 5) is 0. The molecule has 2 nitrogen and oxygen atoms in total. The lowest BCUT2D eigenvalue weighted by atomic mass is 10.1. The second kappa shape index (κ2) is 7.18. The Balaban J connectivity index is 1.93. The molecule has 0 aliphatic carbocycles. The first-order valence-electron chi connectivity index (χ1n) is 6.24. The molecule has 1 unspecified atom stereocenters. The summed E-state index contributed by atoms with van der Waals surface area (Å²) >= 11 is 11.8. The molecule has 0 aliphatic rings. The van der Waals surface area contributed by atoms with Crippen molar-refractivity contribution in [3.05, 3.63) is 69.2 Å². The van der Waals surface area contributed by atoms with E-state index in [0.717, 1.165) is 17.7 Å². The SMILES string of the molecule is OC(CNCc1cc(Cl)cc(Cl)c1)c1ccc(F)cc1F. The van der Waals surface area contributed by atoms with Crippen molar-refractivity contribution in [2.45, 2.75) is 12.6 Å². The fourth-order valence-electron chi connectivity index (χ4n) is 1.95. The van der Waals surface area contributed by atoms with Gasteiger partial charge in [-0.15, -0.1) is 0 Å². The van der Waals surface area contributed by atoms with Crippen LogP contribution in [-0.4, -0.2) is 11.7 Å². The molecule has 2 rings (SSSR count). The summed E-state index contributed by atoms with van der Waals surface area (Å²) in [6.07, 6.45) is -1.07. The van der Waals surface area contributed by atoms with Crippen molar-refractivity contribution in [2.75, 3.05) is 6.54 Å². The van der Waals surface area contributed by atoms with Crippen LogP contribution in [0, 0.1) is 11.6 Å². The number of benzene rings is 2. The zero-order valence-electron chi connectivity index (χ0n) is 10.9. The van der Waals surface area contributed by atoms with Gasteiger partial charge in [-0.25, -0.2) is 8.78 Å². The van der Waals surface area contributed by atoms with Gasteiger partial charge in [-0.2, -0.15) is 0 Å². The molecule has 0 saturated carbocycles. The molecule has 112 valence electrons. The van der Waals surface area contributed by atoms with Crippen molar-refractivity contribution in [2.24, 2.45) is 0 Å². The van der Waals surface area contributed by atoms with Crippen LogP contribution in [0.1, 0.15) is 17.2 Å². The van der Waals surface area contributed by atoms with Crippen LogP contribution in [0.5, 0.6) is 0 Å². The van der Waals surface area contributed by atoms with E-state index in [1.165, 1.54) is 6.07 Å². The quantitative estimate of drug-likeness (QED) is 0.864. The third kappa shape index (κ3) is 4.64. The van der Waals surface area contributed by atoms with E-state index in [2.05, 4.69) is 5.32 Å². The van der Waals surface area contributed by atoms with Gasteiger partial charge in [-0.05, 0) is 29.8 Å². The first kappa shape index (κ1) is 16.2. The van der Waals surface area contributed by atoms with Gasteiger partial charge in [0.05, 0.1) is 6.10 Å². The van der Waals surface area contributed by atoms with Crippen LogP contribution in [-0.2, 0) is 6.54 Å². The highest BCUT2D eigenvalue weighted by Crippen LogP contribution is 2.20. The standard InChI is InChI=1S/C15H13Cl2F2NO/c16-10-3-9(4-11(17)5-10)7-20-8-15(21)13-2-1-12(18)6-14(13)19/h1-6,15,20-21H,7-8H2. The van der Waals surface area contributed by atoms with Crippen LogP contribution >= 0.6 is 23.2 Å². The highest BCUT2D eigenvalue weighted by molar-refractivity contribution is 6.34.